The van der Waals surface area contributed by atoms with Crippen molar-refractivity contribution in [3.05, 3.63) is 35.9 Å². The number of thioether (sulfide) groups is 1. The smallest absolute Gasteiger partial charge is 0.209 e. The van der Waals surface area contributed by atoms with Crippen LogP contribution in [0.5, 0.6) is 0 Å². The summed E-state index contributed by atoms with van der Waals surface area (Å²) in [4.78, 5) is 12.7. The first kappa shape index (κ1) is 15.1. The van der Waals surface area contributed by atoms with Crippen LogP contribution in [0.4, 0.5) is 0 Å². The lowest BCUT2D eigenvalue weighted by Crippen LogP contribution is -2.24. The van der Waals surface area contributed by atoms with E-state index in [4.69, 9.17) is 0 Å². The molecule has 0 aliphatic heterocycles. The summed E-state index contributed by atoms with van der Waals surface area (Å²) >= 11 is 1.94. The highest BCUT2D eigenvalue weighted by atomic mass is 32.2. The quantitative estimate of drug-likeness (QED) is 0.476. The van der Waals surface area contributed by atoms with Gasteiger partial charge in [0.05, 0.1) is 0 Å². The summed E-state index contributed by atoms with van der Waals surface area (Å²) in [6, 6.07) is 10.5. The van der Waals surface area contributed by atoms with Crippen molar-refractivity contribution in [2.75, 3.05) is 18.8 Å². The van der Waals surface area contributed by atoms with Gasteiger partial charge in [0.2, 0.25) is 6.41 Å². The van der Waals surface area contributed by atoms with E-state index in [0.29, 0.717) is 0 Å². The molecule has 0 saturated carbocycles. The predicted molar refractivity (Wildman–Crippen MR) is 79.8 cm³/mol. The van der Waals surface area contributed by atoms with Gasteiger partial charge in [-0.05, 0) is 24.2 Å². The van der Waals surface area contributed by atoms with Crippen LogP contribution in [0.25, 0.3) is 0 Å². The zero-order valence-corrected chi connectivity index (χ0v) is 12.0. The van der Waals surface area contributed by atoms with Crippen LogP contribution in [0.15, 0.2) is 30.3 Å². The number of nitrogens with zero attached hydrogens (tertiary/aromatic N) is 1. The molecule has 3 heteroatoms. The molecule has 0 N–H and O–H groups in total. The first-order chi connectivity index (χ1) is 8.86. The highest BCUT2D eigenvalue weighted by Gasteiger charge is 2.00. The Labute approximate surface area is 115 Å². The molecule has 0 atom stereocenters. The molecule has 1 aromatic rings. The van der Waals surface area contributed by atoms with Crippen molar-refractivity contribution in [1.29, 1.82) is 0 Å². The maximum atomic E-state index is 10.8. The Balaban J connectivity index is 2.05. The number of benzene rings is 1. The third-order valence-electron chi connectivity index (χ3n) is 2.79. The van der Waals surface area contributed by atoms with Gasteiger partial charge < -0.3 is 4.90 Å². The molecule has 0 saturated heterocycles. The van der Waals surface area contributed by atoms with Gasteiger partial charge in [0.1, 0.15) is 0 Å². The lowest BCUT2D eigenvalue weighted by molar-refractivity contribution is -0.118. The molecule has 0 fully saturated rings. The van der Waals surface area contributed by atoms with E-state index < -0.39 is 0 Å². The van der Waals surface area contributed by atoms with E-state index >= 15 is 0 Å². The fraction of sp³-hybridized carbons (Fsp3) is 0.533. The lowest BCUT2D eigenvalue weighted by Gasteiger charge is -2.16. The highest BCUT2D eigenvalue weighted by Crippen LogP contribution is 2.12. The van der Waals surface area contributed by atoms with Gasteiger partial charge in [-0.2, -0.15) is 11.8 Å². The molecule has 100 valence electrons. The molecule has 0 aliphatic rings. The summed E-state index contributed by atoms with van der Waals surface area (Å²) in [6.07, 6.45) is 4.32. The Kier molecular flexibility index (Phi) is 8.40. The van der Waals surface area contributed by atoms with Crippen molar-refractivity contribution in [2.24, 2.45) is 0 Å². The van der Waals surface area contributed by atoms with Crippen LogP contribution in [-0.4, -0.2) is 30.2 Å². The molecule has 0 radical (unpaired) electrons. The van der Waals surface area contributed by atoms with Crippen LogP contribution in [0.1, 0.15) is 31.7 Å². The second kappa shape index (κ2) is 10.0. The Morgan fingerprint density at radius 1 is 1.17 bits per heavy atom. The van der Waals surface area contributed by atoms with Gasteiger partial charge in [0.15, 0.2) is 0 Å². The lowest BCUT2D eigenvalue weighted by atomic mass is 10.2. The van der Waals surface area contributed by atoms with Crippen LogP contribution in [0, 0.1) is 0 Å². The average Bonchev–Trinajstić information content (AvgIpc) is 2.43. The van der Waals surface area contributed by atoms with E-state index in [1.807, 2.05) is 22.7 Å². The van der Waals surface area contributed by atoms with Crippen molar-refractivity contribution in [2.45, 2.75) is 31.9 Å². The van der Waals surface area contributed by atoms with Crippen LogP contribution >= 0.6 is 11.8 Å². The largest absolute Gasteiger partial charge is 0.345 e. The average molecular weight is 265 g/mol. The molecule has 1 rings (SSSR count). The Morgan fingerprint density at radius 2 is 1.89 bits per heavy atom. The Morgan fingerprint density at radius 3 is 2.56 bits per heavy atom. The number of carbonyl (C=O) groups is 1. The van der Waals surface area contributed by atoms with Crippen molar-refractivity contribution in [1.82, 2.24) is 4.90 Å². The first-order valence-electron chi connectivity index (χ1n) is 6.68. The van der Waals surface area contributed by atoms with Gasteiger partial charge in [-0.15, -0.1) is 0 Å². The molecular weight excluding hydrogens is 242 g/mol. The molecule has 0 aromatic heterocycles. The van der Waals surface area contributed by atoms with Gasteiger partial charge in [-0.25, -0.2) is 0 Å². The molecule has 2 nitrogen and oxygen atoms in total. The third kappa shape index (κ3) is 6.70. The number of amides is 1. The molecule has 18 heavy (non-hydrogen) atoms. The minimum Gasteiger partial charge on any atom is -0.345 e. The molecule has 0 heterocycles. The number of unbranched alkanes of at least 4 members (excludes halogenated alkanes) is 1. The number of hydrogen-bond acceptors (Lipinski definition) is 2. The zero-order chi connectivity index (χ0) is 13.1. The van der Waals surface area contributed by atoms with E-state index in [1.54, 1.807) is 0 Å². The standard InChI is InChI=1S/C15H23NOS/c1-2-3-10-16(14-17)11-7-12-18-13-15-8-5-4-6-9-15/h4-6,8-9,14H,2-3,7,10-13H2,1H3. The number of carbonyl (C=O) groups excluding carboxylic acids is 1. The van der Waals surface area contributed by atoms with Gasteiger partial charge in [0.25, 0.3) is 0 Å². The normalized spacial score (nSPS) is 10.3. The molecule has 1 aromatic carbocycles. The highest BCUT2D eigenvalue weighted by molar-refractivity contribution is 7.98. The fourth-order valence-electron chi connectivity index (χ4n) is 1.71. The topological polar surface area (TPSA) is 20.3 Å². The second-order valence-corrected chi connectivity index (χ2v) is 5.49. The molecule has 0 unspecified atom stereocenters. The maximum Gasteiger partial charge on any atom is 0.209 e. The Hall–Kier alpha value is -0.960. The van der Waals surface area contributed by atoms with E-state index in [0.717, 1.165) is 50.3 Å². The van der Waals surface area contributed by atoms with Crippen LogP contribution in [-0.2, 0) is 10.5 Å². The van der Waals surface area contributed by atoms with Gasteiger partial charge in [-0.3, -0.25) is 4.79 Å². The molecular formula is C15H23NOS. The molecule has 0 bridgehead atoms. The third-order valence-corrected chi connectivity index (χ3v) is 3.91. The maximum absolute atomic E-state index is 10.8. The first-order valence-corrected chi connectivity index (χ1v) is 7.83. The zero-order valence-electron chi connectivity index (χ0n) is 11.2. The van der Waals surface area contributed by atoms with Gasteiger partial charge >= 0.3 is 0 Å². The summed E-state index contributed by atoms with van der Waals surface area (Å²) in [5, 5.41) is 0. The van der Waals surface area contributed by atoms with Crippen LogP contribution < -0.4 is 0 Å². The fourth-order valence-corrected chi connectivity index (χ4v) is 2.62. The summed E-state index contributed by atoms with van der Waals surface area (Å²) in [7, 11) is 0. The molecule has 0 spiro atoms. The minimum absolute atomic E-state index is 0.894. The van der Waals surface area contributed by atoms with Crippen molar-refractivity contribution in [3.8, 4) is 0 Å². The van der Waals surface area contributed by atoms with Crippen molar-refractivity contribution < 1.29 is 4.79 Å². The van der Waals surface area contributed by atoms with Gasteiger partial charge in [0, 0.05) is 18.8 Å². The SMILES string of the molecule is CCCCN(C=O)CCCSCc1ccccc1. The summed E-state index contributed by atoms with van der Waals surface area (Å²) in [6.45, 7) is 3.95. The molecule has 1 amide bonds. The summed E-state index contributed by atoms with van der Waals surface area (Å²) < 4.78 is 0. The Bertz CT molecular complexity index is 316. The van der Waals surface area contributed by atoms with Crippen molar-refractivity contribution >= 4 is 18.2 Å². The number of rotatable bonds is 10. The van der Waals surface area contributed by atoms with Crippen LogP contribution in [0.3, 0.4) is 0 Å². The summed E-state index contributed by atoms with van der Waals surface area (Å²) in [5.41, 5.74) is 1.38. The van der Waals surface area contributed by atoms with Crippen LogP contribution in [0.2, 0.25) is 0 Å². The van der Waals surface area contributed by atoms with E-state index in [2.05, 4.69) is 31.2 Å². The van der Waals surface area contributed by atoms with E-state index in [9.17, 15) is 4.79 Å². The predicted octanol–water partition coefficient (Wildman–Crippen LogP) is 3.57. The number of hydrogen-bond donors (Lipinski definition) is 0. The van der Waals surface area contributed by atoms with E-state index in [1.165, 1.54) is 5.56 Å². The van der Waals surface area contributed by atoms with E-state index in [-0.39, 0.29) is 0 Å². The van der Waals surface area contributed by atoms with Crippen molar-refractivity contribution in [3.63, 3.8) is 0 Å². The molecule has 0 aliphatic carbocycles. The monoisotopic (exact) mass is 265 g/mol. The minimum atomic E-state index is 0.894. The second-order valence-electron chi connectivity index (χ2n) is 4.39. The van der Waals surface area contributed by atoms with Gasteiger partial charge in [-0.1, -0.05) is 43.7 Å². The summed E-state index contributed by atoms with van der Waals surface area (Å²) in [5.74, 6) is 2.18.